The van der Waals surface area contributed by atoms with E-state index in [0.717, 1.165) is 17.8 Å². The largest absolute Gasteiger partial charge is 0.416 e. The van der Waals surface area contributed by atoms with E-state index in [0.29, 0.717) is 11.6 Å². The van der Waals surface area contributed by atoms with Crippen LogP contribution in [0, 0.1) is 10.1 Å². The van der Waals surface area contributed by atoms with E-state index < -0.39 is 22.4 Å². The molecule has 0 saturated heterocycles. The Kier molecular flexibility index (Phi) is 6.45. The van der Waals surface area contributed by atoms with Gasteiger partial charge in [-0.15, -0.1) is 0 Å². The van der Waals surface area contributed by atoms with Gasteiger partial charge in [-0.05, 0) is 36.4 Å². The van der Waals surface area contributed by atoms with Crippen molar-refractivity contribution in [1.82, 2.24) is 5.32 Å². The van der Waals surface area contributed by atoms with Crippen molar-refractivity contribution < 1.29 is 22.9 Å². The fourth-order valence-electron chi connectivity index (χ4n) is 2.39. The number of carbonyl (C=O) groups excluding carboxylic acids is 1. The molecular formula is C18H19F3N4O3. The fraction of sp³-hybridized carbons (Fsp3) is 0.278. The molecule has 0 bridgehead atoms. The second-order valence-corrected chi connectivity index (χ2v) is 6.11. The quantitative estimate of drug-likeness (QED) is 0.425. The number of nitro groups is 1. The van der Waals surface area contributed by atoms with E-state index in [2.05, 4.69) is 10.6 Å². The first kappa shape index (κ1) is 21.0. The number of nitrogens with zero attached hydrogens (tertiary/aromatic N) is 2. The molecule has 2 aromatic carbocycles. The lowest BCUT2D eigenvalue weighted by Crippen LogP contribution is -2.28. The van der Waals surface area contributed by atoms with Crippen LogP contribution in [0.15, 0.2) is 42.5 Å². The normalized spacial score (nSPS) is 11.0. The van der Waals surface area contributed by atoms with Gasteiger partial charge < -0.3 is 15.5 Å². The molecule has 7 nitrogen and oxygen atoms in total. The molecule has 0 aromatic heterocycles. The maximum atomic E-state index is 12.7. The molecule has 2 rings (SSSR count). The highest BCUT2D eigenvalue weighted by Crippen LogP contribution is 2.34. The molecule has 1 amide bonds. The molecule has 0 radical (unpaired) electrons. The third-order valence-corrected chi connectivity index (χ3v) is 3.89. The number of nitro benzene ring substituents is 1. The number of benzene rings is 2. The van der Waals surface area contributed by atoms with Gasteiger partial charge in [0.2, 0.25) is 0 Å². The van der Waals surface area contributed by atoms with Crippen molar-refractivity contribution in [3.63, 3.8) is 0 Å². The van der Waals surface area contributed by atoms with Crippen LogP contribution in [0.2, 0.25) is 0 Å². The molecule has 2 aromatic rings. The molecule has 28 heavy (non-hydrogen) atoms. The van der Waals surface area contributed by atoms with Crippen LogP contribution in [0.4, 0.5) is 30.2 Å². The predicted molar refractivity (Wildman–Crippen MR) is 99.7 cm³/mol. The second kappa shape index (κ2) is 8.59. The lowest BCUT2D eigenvalue weighted by Gasteiger charge is -2.13. The average molecular weight is 396 g/mol. The number of alkyl halides is 3. The van der Waals surface area contributed by atoms with Gasteiger partial charge in [-0.3, -0.25) is 14.9 Å². The topological polar surface area (TPSA) is 87.5 Å². The molecule has 0 atom stereocenters. The monoisotopic (exact) mass is 396 g/mol. The molecule has 0 aliphatic heterocycles. The number of hydrogen-bond acceptors (Lipinski definition) is 5. The smallest absolute Gasteiger partial charge is 0.378 e. The SMILES string of the molecule is CN(C)c1ccc(C(=O)NCCNc2ccc(C(F)(F)F)cc2[N+](=O)[O-])cc1. The Morgan fingerprint density at radius 1 is 1.11 bits per heavy atom. The Bertz CT molecular complexity index is 852. The van der Waals surface area contributed by atoms with E-state index in [9.17, 15) is 28.1 Å². The Hall–Kier alpha value is -3.30. The van der Waals surface area contributed by atoms with Crippen molar-refractivity contribution in [3.8, 4) is 0 Å². The number of amides is 1. The van der Waals surface area contributed by atoms with Crippen LogP contribution in [0.3, 0.4) is 0 Å². The van der Waals surface area contributed by atoms with E-state index in [4.69, 9.17) is 0 Å². The maximum Gasteiger partial charge on any atom is 0.416 e. The van der Waals surface area contributed by atoms with Gasteiger partial charge in [0.05, 0.1) is 10.5 Å². The minimum Gasteiger partial charge on any atom is -0.378 e. The van der Waals surface area contributed by atoms with Gasteiger partial charge in [0, 0.05) is 44.5 Å². The molecular weight excluding hydrogens is 377 g/mol. The van der Waals surface area contributed by atoms with Crippen LogP contribution in [0.5, 0.6) is 0 Å². The molecule has 2 N–H and O–H groups in total. The highest BCUT2D eigenvalue weighted by Gasteiger charge is 2.32. The molecule has 0 fully saturated rings. The molecule has 0 aliphatic carbocycles. The van der Waals surface area contributed by atoms with Crippen molar-refractivity contribution in [2.45, 2.75) is 6.18 Å². The van der Waals surface area contributed by atoms with E-state index in [1.54, 1.807) is 24.3 Å². The molecule has 0 heterocycles. The summed E-state index contributed by atoms with van der Waals surface area (Å²) in [5.74, 6) is -0.325. The van der Waals surface area contributed by atoms with E-state index in [-0.39, 0.29) is 24.7 Å². The second-order valence-electron chi connectivity index (χ2n) is 6.11. The summed E-state index contributed by atoms with van der Waals surface area (Å²) in [6.45, 7) is 0.236. The van der Waals surface area contributed by atoms with Crippen molar-refractivity contribution in [2.24, 2.45) is 0 Å². The van der Waals surface area contributed by atoms with Crippen LogP contribution < -0.4 is 15.5 Å². The van der Waals surface area contributed by atoms with Gasteiger partial charge in [-0.25, -0.2) is 0 Å². The zero-order chi connectivity index (χ0) is 20.9. The average Bonchev–Trinajstić information content (AvgIpc) is 2.64. The summed E-state index contributed by atoms with van der Waals surface area (Å²) in [5.41, 5.74) is -0.443. The van der Waals surface area contributed by atoms with Gasteiger partial charge in [0.1, 0.15) is 5.69 Å². The van der Waals surface area contributed by atoms with Gasteiger partial charge in [0.15, 0.2) is 0 Å². The molecule has 150 valence electrons. The maximum absolute atomic E-state index is 12.7. The summed E-state index contributed by atoms with van der Waals surface area (Å²) in [5, 5.41) is 16.3. The third-order valence-electron chi connectivity index (χ3n) is 3.89. The van der Waals surface area contributed by atoms with Crippen LogP contribution in [0.1, 0.15) is 15.9 Å². The summed E-state index contributed by atoms with van der Waals surface area (Å²) in [4.78, 5) is 24.1. The molecule has 0 spiro atoms. The lowest BCUT2D eigenvalue weighted by molar-refractivity contribution is -0.384. The van der Waals surface area contributed by atoms with Crippen LogP contribution >= 0.6 is 0 Å². The van der Waals surface area contributed by atoms with Gasteiger partial charge >= 0.3 is 6.18 Å². The summed E-state index contributed by atoms with van der Waals surface area (Å²) >= 11 is 0. The molecule has 0 unspecified atom stereocenters. The standard InChI is InChI=1S/C18H19F3N4O3/c1-24(2)14-6-3-12(4-7-14)17(26)23-10-9-22-15-8-5-13(18(19,20)21)11-16(15)25(27)28/h3-8,11,22H,9-10H2,1-2H3,(H,23,26). The number of nitrogens with one attached hydrogen (secondary N) is 2. The molecule has 0 aliphatic rings. The van der Waals surface area contributed by atoms with Crippen molar-refractivity contribution in [1.29, 1.82) is 0 Å². The number of halogens is 3. The van der Waals surface area contributed by atoms with Crippen LogP contribution in [-0.2, 0) is 6.18 Å². The number of carbonyl (C=O) groups is 1. The first-order valence-electron chi connectivity index (χ1n) is 8.24. The van der Waals surface area contributed by atoms with Gasteiger partial charge in [0.25, 0.3) is 11.6 Å². The van der Waals surface area contributed by atoms with Gasteiger partial charge in [-0.1, -0.05) is 0 Å². The summed E-state index contributed by atoms with van der Waals surface area (Å²) in [6.07, 6.45) is -4.67. The lowest BCUT2D eigenvalue weighted by atomic mass is 10.1. The first-order chi connectivity index (χ1) is 13.1. The predicted octanol–water partition coefficient (Wildman–Crippen LogP) is 3.52. The first-order valence-corrected chi connectivity index (χ1v) is 8.24. The molecule has 10 heteroatoms. The van der Waals surface area contributed by atoms with E-state index in [1.165, 1.54) is 0 Å². The minimum absolute atomic E-state index is 0.0532. The number of hydrogen-bond donors (Lipinski definition) is 2. The third kappa shape index (κ3) is 5.35. The summed E-state index contributed by atoms with van der Waals surface area (Å²) in [7, 11) is 3.75. The Morgan fingerprint density at radius 2 is 1.75 bits per heavy atom. The number of anilines is 2. The summed E-state index contributed by atoms with van der Waals surface area (Å²) < 4.78 is 38.1. The fourth-order valence-corrected chi connectivity index (χ4v) is 2.39. The van der Waals surface area contributed by atoms with Crippen LogP contribution in [-0.4, -0.2) is 38.0 Å². The van der Waals surface area contributed by atoms with Crippen molar-refractivity contribution in [3.05, 3.63) is 63.7 Å². The Labute approximate surface area is 159 Å². The zero-order valence-corrected chi connectivity index (χ0v) is 15.2. The number of rotatable bonds is 7. The van der Waals surface area contributed by atoms with Gasteiger partial charge in [-0.2, -0.15) is 13.2 Å². The highest BCUT2D eigenvalue weighted by atomic mass is 19.4. The Morgan fingerprint density at radius 3 is 2.29 bits per heavy atom. The van der Waals surface area contributed by atoms with E-state index >= 15 is 0 Å². The highest BCUT2D eigenvalue weighted by molar-refractivity contribution is 5.94. The van der Waals surface area contributed by atoms with E-state index in [1.807, 2.05) is 19.0 Å². The summed E-state index contributed by atoms with van der Waals surface area (Å²) in [6, 6.07) is 9.16. The van der Waals surface area contributed by atoms with Crippen LogP contribution in [0.25, 0.3) is 0 Å². The molecule has 0 saturated carbocycles. The minimum atomic E-state index is -4.67. The van der Waals surface area contributed by atoms with Crippen molar-refractivity contribution >= 4 is 23.0 Å². The zero-order valence-electron chi connectivity index (χ0n) is 15.2. The van der Waals surface area contributed by atoms with Crippen molar-refractivity contribution in [2.75, 3.05) is 37.4 Å². The Balaban J connectivity index is 1.94.